The molecule has 0 aromatic heterocycles. The maximum atomic E-state index is 9.90. The van der Waals surface area contributed by atoms with Crippen molar-refractivity contribution in [3.63, 3.8) is 0 Å². The molecule has 0 aromatic carbocycles. The molecule has 11 heavy (non-hydrogen) atoms. The summed E-state index contributed by atoms with van der Waals surface area (Å²) in [4.78, 5) is 9.90. The Hall–Kier alpha value is -1.08. The van der Waals surface area contributed by atoms with Gasteiger partial charge in [0.2, 0.25) is 0 Å². The Labute approximate surface area is 63.4 Å². The molecule has 0 spiro atoms. The first kappa shape index (κ1) is 9.92. The van der Waals surface area contributed by atoms with Crippen molar-refractivity contribution < 1.29 is 17.8 Å². The highest BCUT2D eigenvalue weighted by Gasteiger charge is 1.92. The van der Waals surface area contributed by atoms with Gasteiger partial charge in [0.1, 0.15) is 0 Å². The van der Waals surface area contributed by atoms with E-state index in [1.165, 1.54) is 12.3 Å². The largest absolute Gasteiger partial charge is 0.289 e. The quantitative estimate of drug-likeness (QED) is 0.528. The second kappa shape index (κ2) is 3.94. The lowest BCUT2D eigenvalue weighted by Gasteiger charge is -1.69. The summed E-state index contributed by atoms with van der Waals surface area (Å²) in [5.74, 6) is -0.269. The molecule has 0 aliphatic carbocycles. The molecule has 1 N–H and O–H groups in total. The third-order valence-electron chi connectivity index (χ3n) is 0.440. The van der Waals surface area contributed by atoms with Gasteiger partial charge in [0.15, 0.2) is 0 Å². The fraction of sp³-hybridized carbons (Fsp3) is 0.250. The minimum atomic E-state index is -3.67. The molecule has 7 heteroatoms. The predicted molar refractivity (Wildman–Crippen MR) is 36.5 cm³/mol. The van der Waals surface area contributed by atoms with E-state index in [1.54, 1.807) is 0 Å². The van der Waals surface area contributed by atoms with Crippen molar-refractivity contribution in [2.24, 2.45) is 10.2 Å². The molecule has 0 atom stereocenters. The van der Waals surface area contributed by atoms with E-state index in [9.17, 15) is 13.2 Å². The number of carbonyl (C=O) groups is 1. The van der Waals surface area contributed by atoms with Crippen LogP contribution in [0.3, 0.4) is 0 Å². The van der Waals surface area contributed by atoms with E-state index >= 15 is 0 Å². The van der Waals surface area contributed by atoms with Crippen LogP contribution in [0.1, 0.15) is 0 Å². The summed E-state index contributed by atoms with van der Waals surface area (Å²) in [6.07, 6.45) is 3.38. The van der Waals surface area contributed by atoms with Crippen LogP contribution in [0.25, 0.3) is 0 Å². The van der Waals surface area contributed by atoms with Crippen LogP contribution >= 0.6 is 0 Å². The van der Waals surface area contributed by atoms with Crippen LogP contribution < -0.4 is 0 Å². The first-order valence-electron chi connectivity index (χ1n) is 2.43. The SMILES string of the molecule is CS(=O)(=O)O.O=C1C=CN=N1. The number of nitrogens with zero attached hydrogens (tertiary/aromatic N) is 2. The number of amides is 1. The molecule has 0 radical (unpaired) electrons. The zero-order chi connectivity index (χ0) is 8.91. The van der Waals surface area contributed by atoms with Gasteiger partial charge < -0.3 is 0 Å². The van der Waals surface area contributed by atoms with E-state index < -0.39 is 10.1 Å². The number of azo groups is 1. The third kappa shape index (κ3) is 12.2. The van der Waals surface area contributed by atoms with Crippen LogP contribution in [0.4, 0.5) is 0 Å². The Morgan fingerprint density at radius 1 is 1.55 bits per heavy atom. The highest BCUT2D eigenvalue weighted by Crippen LogP contribution is 1.90. The van der Waals surface area contributed by atoms with Gasteiger partial charge in [0.05, 0.1) is 12.5 Å². The van der Waals surface area contributed by atoms with Crippen LogP contribution in [0.2, 0.25) is 0 Å². The highest BCUT2D eigenvalue weighted by molar-refractivity contribution is 7.85. The van der Waals surface area contributed by atoms with Gasteiger partial charge in [-0.15, -0.1) is 5.11 Å². The Morgan fingerprint density at radius 3 is 2.09 bits per heavy atom. The fourth-order valence-corrected chi connectivity index (χ4v) is 0.221. The monoisotopic (exact) mass is 178 g/mol. The number of carbonyl (C=O) groups excluding carboxylic acids is 1. The van der Waals surface area contributed by atoms with E-state index in [0.717, 1.165) is 0 Å². The van der Waals surface area contributed by atoms with Gasteiger partial charge in [-0.2, -0.15) is 13.5 Å². The average Bonchev–Trinajstić information content (AvgIpc) is 2.12. The Morgan fingerprint density at radius 2 is 2.00 bits per heavy atom. The van der Waals surface area contributed by atoms with Crippen molar-refractivity contribution in [3.8, 4) is 0 Å². The lowest BCUT2D eigenvalue weighted by atomic mass is 10.6. The Balaban J connectivity index is 0.000000187. The first-order valence-corrected chi connectivity index (χ1v) is 4.28. The Kier molecular flexibility index (Phi) is 3.55. The van der Waals surface area contributed by atoms with Crippen LogP contribution in [-0.4, -0.2) is 25.1 Å². The zero-order valence-electron chi connectivity index (χ0n) is 5.63. The van der Waals surface area contributed by atoms with Crippen molar-refractivity contribution in [1.29, 1.82) is 0 Å². The Bertz CT molecular complexity index is 267. The van der Waals surface area contributed by atoms with Crippen molar-refractivity contribution >= 4 is 16.0 Å². The molecule has 1 aliphatic heterocycles. The van der Waals surface area contributed by atoms with Crippen molar-refractivity contribution in [2.75, 3.05) is 6.26 Å². The number of hydrogen-bond donors (Lipinski definition) is 1. The summed E-state index contributed by atoms with van der Waals surface area (Å²) in [5, 5.41) is 6.37. The lowest BCUT2D eigenvalue weighted by Crippen LogP contribution is -1.88. The smallest absolute Gasteiger partial charge is 0.286 e. The maximum absolute atomic E-state index is 9.90. The summed E-state index contributed by atoms with van der Waals surface area (Å²) in [7, 11) is -3.67. The van der Waals surface area contributed by atoms with Gasteiger partial charge in [-0.05, 0) is 0 Å². The molecule has 1 heterocycles. The molecule has 62 valence electrons. The predicted octanol–water partition coefficient (Wildman–Crippen LogP) is -0.00350. The molecule has 6 nitrogen and oxygen atoms in total. The van der Waals surface area contributed by atoms with Crippen molar-refractivity contribution in [3.05, 3.63) is 12.3 Å². The van der Waals surface area contributed by atoms with Gasteiger partial charge >= 0.3 is 0 Å². The summed E-state index contributed by atoms with van der Waals surface area (Å²) < 4.78 is 25.9. The lowest BCUT2D eigenvalue weighted by molar-refractivity contribution is -0.113. The molecular weight excluding hydrogens is 172 g/mol. The van der Waals surface area contributed by atoms with E-state index in [2.05, 4.69) is 10.2 Å². The van der Waals surface area contributed by atoms with Gasteiger partial charge in [-0.25, -0.2) is 0 Å². The minimum Gasteiger partial charge on any atom is -0.286 e. The summed E-state index contributed by atoms with van der Waals surface area (Å²) in [5.41, 5.74) is 0. The van der Waals surface area contributed by atoms with Gasteiger partial charge in [-0.1, -0.05) is 0 Å². The van der Waals surface area contributed by atoms with Crippen LogP contribution in [-0.2, 0) is 14.9 Å². The minimum absolute atomic E-state index is 0.269. The molecule has 0 fully saturated rings. The molecule has 0 bridgehead atoms. The molecule has 1 amide bonds. The van der Waals surface area contributed by atoms with E-state index in [4.69, 9.17) is 4.55 Å². The van der Waals surface area contributed by atoms with Crippen molar-refractivity contribution in [2.45, 2.75) is 0 Å². The molecule has 0 saturated heterocycles. The average molecular weight is 178 g/mol. The van der Waals surface area contributed by atoms with E-state index in [0.29, 0.717) is 6.26 Å². The molecule has 1 rings (SSSR count). The zero-order valence-corrected chi connectivity index (χ0v) is 6.45. The number of rotatable bonds is 0. The summed E-state index contributed by atoms with van der Waals surface area (Å²) >= 11 is 0. The second-order valence-electron chi connectivity index (χ2n) is 1.60. The molecule has 0 aromatic rings. The fourth-order valence-electron chi connectivity index (χ4n) is 0.221. The van der Waals surface area contributed by atoms with Crippen LogP contribution in [0.15, 0.2) is 22.5 Å². The standard InChI is InChI=1S/C3H2N2O.CH4O3S/c6-3-1-2-4-5-3;1-5(2,3)4/h1-2H;1H3,(H,2,3,4). The second-order valence-corrected chi connectivity index (χ2v) is 3.07. The molecule has 0 saturated carbocycles. The third-order valence-corrected chi connectivity index (χ3v) is 0.440. The normalized spacial score (nSPS) is 14.5. The summed E-state index contributed by atoms with van der Waals surface area (Å²) in [6, 6.07) is 0. The highest BCUT2D eigenvalue weighted by atomic mass is 32.2. The number of hydrogen-bond acceptors (Lipinski definition) is 4. The van der Waals surface area contributed by atoms with Gasteiger partial charge in [-0.3, -0.25) is 9.35 Å². The molecule has 0 unspecified atom stereocenters. The first-order chi connectivity index (χ1) is 4.89. The topological polar surface area (TPSA) is 96.2 Å². The van der Waals surface area contributed by atoms with Crippen LogP contribution in [0.5, 0.6) is 0 Å². The molecule has 1 aliphatic rings. The van der Waals surface area contributed by atoms with E-state index in [-0.39, 0.29) is 5.91 Å². The van der Waals surface area contributed by atoms with Crippen LogP contribution in [0, 0.1) is 0 Å². The van der Waals surface area contributed by atoms with E-state index in [1.807, 2.05) is 0 Å². The maximum Gasteiger partial charge on any atom is 0.289 e. The van der Waals surface area contributed by atoms with Crippen molar-refractivity contribution in [1.82, 2.24) is 0 Å². The van der Waals surface area contributed by atoms with Gasteiger partial charge in [0, 0.05) is 6.08 Å². The summed E-state index contributed by atoms with van der Waals surface area (Å²) in [6.45, 7) is 0. The van der Waals surface area contributed by atoms with Gasteiger partial charge in [0.25, 0.3) is 16.0 Å². The molecular formula is C4H6N2O4S.